The van der Waals surface area contributed by atoms with E-state index in [4.69, 9.17) is 5.73 Å². The van der Waals surface area contributed by atoms with Gasteiger partial charge in [-0.3, -0.25) is 19.2 Å². The summed E-state index contributed by atoms with van der Waals surface area (Å²) in [5.74, 6) is -2.26. The average Bonchev–Trinajstić information content (AvgIpc) is 3.73. The fourth-order valence-electron chi connectivity index (χ4n) is 6.16. The van der Waals surface area contributed by atoms with Crippen molar-refractivity contribution in [3.05, 3.63) is 18.2 Å². The topological polar surface area (TPSA) is 182 Å². The number of rotatable bonds is 10. The van der Waals surface area contributed by atoms with Gasteiger partial charge in [0, 0.05) is 32.3 Å². The Morgan fingerprint density at radius 3 is 2.08 bits per heavy atom. The molecule has 5 atom stereocenters. The maximum atomic E-state index is 13.7. The van der Waals surface area contributed by atoms with Gasteiger partial charge in [0.25, 0.3) is 0 Å². The molecule has 3 aliphatic rings. The third kappa shape index (κ3) is 6.45. The van der Waals surface area contributed by atoms with E-state index in [1.165, 1.54) is 11.2 Å². The lowest BCUT2D eigenvalue weighted by molar-refractivity contribution is -0.151. The van der Waals surface area contributed by atoms with Crippen LogP contribution in [-0.4, -0.2) is 109 Å². The average molecular weight is 560 g/mol. The van der Waals surface area contributed by atoms with Crippen LogP contribution in [0.1, 0.15) is 64.5 Å². The number of carbonyl (C=O) groups excluding carboxylic acids is 4. The molecule has 3 saturated heterocycles. The first-order chi connectivity index (χ1) is 19.1. The number of carboxylic acids is 1. The molecule has 1 aromatic rings. The van der Waals surface area contributed by atoms with Gasteiger partial charge in [0.05, 0.1) is 18.1 Å². The van der Waals surface area contributed by atoms with E-state index in [1.807, 2.05) is 13.8 Å². The number of nitrogens with one attached hydrogen (secondary N) is 2. The summed E-state index contributed by atoms with van der Waals surface area (Å²) in [7, 11) is 0. The molecule has 220 valence electrons. The number of likely N-dealkylation sites (tertiary alicyclic amines) is 3. The van der Waals surface area contributed by atoms with Crippen LogP contribution in [0.5, 0.6) is 0 Å². The Kier molecular flexibility index (Phi) is 9.44. The molecule has 0 saturated carbocycles. The molecule has 4 amide bonds. The summed E-state index contributed by atoms with van der Waals surface area (Å²) < 4.78 is 0. The zero-order chi connectivity index (χ0) is 29.0. The van der Waals surface area contributed by atoms with Crippen molar-refractivity contribution in [3.63, 3.8) is 0 Å². The number of amides is 4. The summed E-state index contributed by atoms with van der Waals surface area (Å²) in [6, 6.07) is -4.04. The number of hydrogen-bond acceptors (Lipinski definition) is 7. The number of imidazole rings is 1. The number of H-pyrrole nitrogens is 1. The Balaban J connectivity index is 1.42. The molecular formula is C27H41N7O6. The normalized spacial score (nSPS) is 24.4. The van der Waals surface area contributed by atoms with Gasteiger partial charge in [-0.1, -0.05) is 13.8 Å². The zero-order valence-corrected chi connectivity index (χ0v) is 23.3. The van der Waals surface area contributed by atoms with Crippen molar-refractivity contribution in [1.82, 2.24) is 30.0 Å². The second kappa shape index (κ2) is 12.8. The monoisotopic (exact) mass is 559 g/mol. The molecule has 0 radical (unpaired) electrons. The zero-order valence-electron chi connectivity index (χ0n) is 23.3. The highest BCUT2D eigenvalue weighted by Crippen LogP contribution is 2.29. The van der Waals surface area contributed by atoms with Crippen LogP contribution in [-0.2, 0) is 30.4 Å². The van der Waals surface area contributed by atoms with E-state index in [-0.39, 0.29) is 30.1 Å². The molecule has 5 N–H and O–H groups in total. The first-order valence-corrected chi connectivity index (χ1v) is 14.3. The standard InChI is InChI=1S/C27H41N7O6/c1-16(2)12-18(28)24(36)33-10-4-7-21(33)26(38)34-11-5-8-22(34)25(37)32-9-3-6-20(32)23(35)31-19(27(39)40)13-17-14-29-15-30-17/h14-16,18-22H,3-13,28H2,1-2H3,(H,29,30)(H,31,35)(H,39,40)/t18-,19-,20-,21-,22-/m0/s1. The maximum absolute atomic E-state index is 13.7. The van der Waals surface area contributed by atoms with Gasteiger partial charge in [-0.05, 0) is 50.9 Å². The van der Waals surface area contributed by atoms with E-state index in [0.717, 1.165) is 0 Å². The van der Waals surface area contributed by atoms with E-state index in [0.29, 0.717) is 70.3 Å². The van der Waals surface area contributed by atoms with Crippen molar-refractivity contribution in [2.45, 2.75) is 95.4 Å². The van der Waals surface area contributed by atoms with Crippen molar-refractivity contribution in [2.75, 3.05) is 19.6 Å². The fraction of sp³-hybridized carbons (Fsp3) is 0.704. The number of nitrogens with zero attached hydrogens (tertiary/aromatic N) is 4. The minimum absolute atomic E-state index is 0.00752. The van der Waals surface area contributed by atoms with Crippen LogP contribution in [0.2, 0.25) is 0 Å². The lowest BCUT2D eigenvalue weighted by atomic mass is 10.0. The lowest BCUT2D eigenvalue weighted by Crippen LogP contribution is -2.57. The quantitative estimate of drug-likeness (QED) is 0.306. The molecule has 1 aromatic heterocycles. The summed E-state index contributed by atoms with van der Waals surface area (Å²) >= 11 is 0. The Morgan fingerprint density at radius 2 is 1.52 bits per heavy atom. The van der Waals surface area contributed by atoms with Crippen LogP contribution < -0.4 is 11.1 Å². The van der Waals surface area contributed by atoms with E-state index in [9.17, 15) is 29.1 Å². The lowest BCUT2D eigenvalue weighted by Gasteiger charge is -2.34. The summed E-state index contributed by atoms with van der Waals surface area (Å²) in [5.41, 5.74) is 6.65. The third-order valence-corrected chi connectivity index (χ3v) is 8.11. The Hall–Kier alpha value is -3.48. The van der Waals surface area contributed by atoms with Crippen LogP contribution in [0.3, 0.4) is 0 Å². The molecule has 0 spiro atoms. The molecule has 0 aliphatic carbocycles. The summed E-state index contributed by atoms with van der Waals surface area (Å²) in [4.78, 5) is 76.9. The number of aliphatic carboxylic acids is 1. The van der Waals surface area contributed by atoms with E-state index in [1.54, 1.807) is 16.0 Å². The maximum Gasteiger partial charge on any atom is 0.326 e. The highest BCUT2D eigenvalue weighted by Gasteiger charge is 2.46. The Labute approximate surface area is 233 Å². The molecule has 3 fully saturated rings. The van der Waals surface area contributed by atoms with Crippen LogP contribution in [0.15, 0.2) is 12.5 Å². The summed E-state index contributed by atoms with van der Waals surface area (Å²) in [6.45, 7) is 5.21. The van der Waals surface area contributed by atoms with Gasteiger partial charge >= 0.3 is 5.97 Å². The van der Waals surface area contributed by atoms with Gasteiger partial charge in [-0.25, -0.2) is 9.78 Å². The van der Waals surface area contributed by atoms with Gasteiger partial charge in [0.15, 0.2) is 0 Å². The molecule has 4 rings (SSSR count). The minimum Gasteiger partial charge on any atom is -0.480 e. The number of hydrogen-bond donors (Lipinski definition) is 4. The second-order valence-electron chi connectivity index (χ2n) is 11.5. The van der Waals surface area contributed by atoms with Gasteiger partial charge < -0.3 is 35.8 Å². The van der Waals surface area contributed by atoms with Gasteiger partial charge in [0.1, 0.15) is 24.2 Å². The van der Waals surface area contributed by atoms with Crippen LogP contribution in [0.4, 0.5) is 0 Å². The van der Waals surface area contributed by atoms with Crippen molar-refractivity contribution >= 4 is 29.6 Å². The number of nitrogens with two attached hydrogens (primary N) is 1. The minimum atomic E-state index is -1.19. The van der Waals surface area contributed by atoms with Crippen molar-refractivity contribution in [3.8, 4) is 0 Å². The van der Waals surface area contributed by atoms with Gasteiger partial charge in [-0.15, -0.1) is 0 Å². The molecule has 4 heterocycles. The Bertz CT molecular complexity index is 1090. The number of aromatic nitrogens is 2. The van der Waals surface area contributed by atoms with E-state index < -0.39 is 42.1 Å². The predicted octanol–water partition coefficient (Wildman–Crippen LogP) is -0.132. The van der Waals surface area contributed by atoms with Gasteiger partial charge in [-0.2, -0.15) is 0 Å². The molecule has 0 unspecified atom stereocenters. The van der Waals surface area contributed by atoms with E-state index >= 15 is 0 Å². The molecular weight excluding hydrogens is 518 g/mol. The largest absolute Gasteiger partial charge is 0.480 e. The first kappa shape index (κ1) is 29.5. The summed E-state index contributed by atoms with van der Waals surface area (Å²) in [6.07, 6.45) is 6.88. The molecule has 13 heteroatoms. The van der Waals surface area contributed by atoms with Crippen LogP contribution in [0.25, 0.3) is 0 Å². The molecule has 3 aliphatic heterocycles. The SMILES string of the molecule is CC(C)C[C@H](N)C(=O)N1CCC[C@H]1C(=O)N1CCC[C@H]1C(=O)N1CCC[C@H]1C(=O)N[C@@H](Cc1c[nH]cn1)C(=O)O. The van der Waals surface area contributed by atoms with Crippen LogP contribution in [0, 0.1) is 5.92 Å². The molecule has 40 heavy (non-hydrogen) atoms. The number of carboxylic acid groups (broad SMARTS) is 1. The molecule has 13 nitrogen and oxygen atoms in total. The first-order valence-electron chi connectivity index (χ1n) is 14.3. The van der Waals surface area contributed by atoms with Crippen molar-refractivity contribution in [2.24, 2.45) is 11.7 Å². The molecule has 0 aromatic carbocycles. The molecule has 0 bridgehead atoms. The Morgan fingerprint density at radius 1 is 0.975 bits per heavy atom. The third-order valence-electron chi connectivity index (χ3n) is 8.11. The fourth-order valence-corrected chi connectivity index (χ4v) is 6.16. The van der Waals surface area contributed by atoms with E-state index in [2.05, 4.69) is 15.3 Å². The highest BCUT2D eigenvalue weighted by atomic mass is 16.4. The highest BCUT2D eigenvalue weighted by molar-refractivity contribution is 5.96. The smallest absolute Gasteiger partial charge is 0.326 e. The van der Waals surface area contributed by atoms with Crippen LogP contribution >= 0.6 is 0 Å². The van der Waals surface area contributed by atoms with Crippen molar-refractivity contribution < 1.29 is 29.1 Å². The predicted molar refractivity (Wildman–Crippen MR) is 143 cm³/mol. The van der Waals surface area contributed by atoms with Gasteiger partial charge in [0.2, 0.25) is 23.6 Å². The second-order valence-corrected chi connectivity index (χ2v) is 11.5. The summed E-state index contributed by atoms with van der Waals surface area (Å²) in [5, 5.41) is 12.2. The van der Waals surface area contributed by atoms with Crippen molar-refractivity contribution in [1.29, 1.82) is 0 Å². The number of aromatic amines is 1. The number of carbonyl (C=O) groups is 5.